The molecule has 0 aliphatic carbocycles. The van der Waals surface area contributed by atoms with Crippen LogP contribution in [0.25, 0.3) is 0 Å². The molecule has 0 aliphatic rings. The number of nitrogens with one attached hydrogen (secondary N) is 2. The highest BCUT2D eigenvalue weighted by Crippen LogP contribution is 2.30. The quantitative estimate of drug-likeness (QED) is 0.488. The largest absolute Gasteiger partial charge is 0.346 e. The fraction of sp³-hybridized carbons (Fsp3) is 0.188. The number of carbonyl (C=O) groups excluding carboxylic acids is 1. The fourth-order valence-corrected chi connectivity index (χ4v) is 4.81. The number of hydrogen-bond donors (Lipinski definition) is 3. The average Bonchev–Trinajstić information content (AvgIpc) is 3.26. The Morgan fingerprint density at radius 2 is 2.00 bits per heavy atom. The van der Waals surface area contributed by atoms with Crippen LogP contribution in [-0.2, 0) is 17.4 Å². The van der Waals surface area contributed by atoms with E-state index in [2.05, 4.69) is 20.0 Å². The van der Waals surface area contributed by atoms with Crippen molar-refractivity contribution in [2.45, 2.75) is 19.5 Å². The maximum Gasteiger partial charge on any atom is 0.270 e. The van der Waals surface area contributed by atoms with Crippen LogP contribution in [0.3, 0.4) is 0 Å². The third-order valence-electron chi connectivity index (χ3n) is 3.56. The minimum atomic E-state index is -2.83. The number of nitrogens with zero attached hydrogens (tertiary/aromatic N) is 2. The minimum absolute atomic E-state index is 0.245. The monoisotopic (exact) mass is 442 g/mol. The van der Waals surface area contributed by atoms with E-state index in [0.717, 1.165) is 14.8 Å². The van der Waals surface area contributed by atoms with Gasteiger partial charge in [0.25, 0.3) is 5.91 Å². The molecule has 142 valence electrons. The predicted molar refractivity (Wildman–Crippen MR) is 107 cm³/mol. The molecule has 0 saturated carbocycles. The number of thiophene rings is 1. The highest BCUT2D eigenvalue weighted by molar-refractivity contribution is 7.70. The Hall–Kier alpha value is -1.85. The van der Waals surface area contributed by atoms with Crippen LogP contribution in [0.4, 0.5) is 0 Å². The van der Waals surface area contributed by atoms with Crippen molar-refractivity contribution in [3.63, 3.8) is 0 Å². The number of amides is 1. The average molecular weight is 443 g/mol. The predicted octanol–water partition coefficient (Wildman–Crippen LogP) is 2.70. The number of pyridine rings is 1. The van der Waals surface area contributed by atoms with Crippen LogP contribution in [-0.4, -0.2) is 24.3 Å². The van der Waals surface area contributed by atoms with Gasteiger partial charge in [-0.3, -0.25) is 9.78 Å². The molecule has 0 bridgehead atoms. The molecule has 2 N–H and O–H groups in total. The van der Waals surface area contributed by atoms with Crippen molar-refractivity contribution >= 4 is 51.1 Å². The third-order valence-corrected chi connectivity index (χ3v) is 6.24. The van der Waals surface area contributed by atoms with Gasteiger partial charge in [0.2, 0.25) is 10.9 Å². The van der Waals surface area contributed by atoms with Crippen molar-refractivity contribution in [3.05, 3.63) is 67.0 Å². The molecule has 0 aliphatic heterocycles. The molecule has 3 heterocycles. The Labute approximate surface area is 170 Å². The summed E-state index contributed by atoms with van der Waals surface area (Å²) in [6.45, 7) is 2.28. The molecule has 0 fully saturated rings. The Morgan fingerprint density at radius 1 is 1.19 bits per heavy atom. The fourth-order valence-electron chi connectivity index (χ4n) is 2.35. The Balaban J connectivity index is 1.73. The van der Waals surface area contributed by atoms with Gasteiger partial charge in [-0.25, -0.2) is 18.1 Å². The van der Waals surface area contributed by atoms with Crippen LogP contribution in [0.15, 0.2) is 36.7 Å². The smallest absolute Gasteiger partial charge is 0.270 e. The second kappa shape index (κ2) is 8.89. The number of aromatic nitrogens is 2. The molecule has 3 aromatic rings. The highest BCUT2D eigenvalue weighted by atomic mass is 35.5. The summed E-state index contributed by atoms with van der Waals surface area (Å²) in [6, 6.07) is 6.08. The van der Waals surface area contributed by atoms with Gasteiger partial charge in [-0.15, -0.1) is 22.7 Å². The number of halogens is 1. The van der Waals surface area contributed by atoms with Crippen molar-refractivity contribution in [2.75, 3.05) is 0 Å². The number of thiol groups is 1. The summed E-state index contributed by atoms with van der Waals surface area (Å²) >= 11 is 8.74. The van der Waals surface area contributed by atoms with Crippen molar-refractivity contribution < 1.29 is 13.2 Å². The molecular weight excluding hydrogens is 428 g/mol. The molecule has 0 saturated heterocycles. The molecule has 27 heavy (non-hydrogen) atoms. The molecule has 1 unspecified atom stereocenters. The van der Waals surface area contributed by atoms with E-state index in [1.165, 1.54) is 28.9 Å². The van der Waals surface area contributed by atoms with Crippen molar-refractivity contribution in [2.24, 2.45) is 0 Å². The molecule has 0 aromatic carbocycles. The second-order valence-corrected chi connectivity index (χ2v) is 9.30. The van der Waals surface area contributed by atoms with Gasteiger partial charge in [-0.2, -0.15) is 0 Å². The van der Waals surface area contributed by atoms with Crippen LogP contribution < -0.4 is 10.0 Å². The van der Waals surface area contributed by atoms with Crippen LogP contribution in [0, 0.1) is 6.92 Å². The van der Waals surface area contributed by atoms with Crippen molar-refractivity contribution in [1.82, 2.24) is 20.0 Å². The summed E-state index contributed by atoms with van der Waals surface area (Å²) in [5, 5.41) is 3.72. The van der Waals surface area contributed by atoms with Gasteiger partial charge in [-0.05, 0) is 30.7 Å². The van der Waals surface area contributed by atoms with E-state index in [0.29, 0.717) is 16.4 Å². The Kier molecular flexibility index (Phi) is 6.55. The summed E-state index contributed by atoms with van der Waals surface area (Å²) in [6.07, 6.45) is 3.21. The summed E-state index contributed by atoms with van der Waals surface area (Å²) < 4.78 is 25.4. The molecule has 0 spiro atoms. The lowest BCUT2D eigenvalue weighted by molar-refractivity contribution is 0.0946. The normalized spacial score (nSPS) is 12.3. The number of hydrogen-bond acceptors (Lipinski definition) is 7. The first kappa shape index (κ1) is 19.9. The van der Waals surface area contributed by atoms with Crippen LogP contribution in [0.1, 0.15) is 36.9 Å². The van der Waals surface area contributed by atoms with Crippen LogP contribution >= 0.6 is 34.3 Å². The van der Waals surface area contributed by atoms with E-state index in [9.17, 15) is 13.2 Å². The van der Waals surface area contributed by atoms with Crippen molar-refractivity contribution in [3.8, 4) is 0 Å². The standard InChI is InChI=1S/C16H15ClN4O3S3/c1-9-18-7-11(25-9)8-20-16(22)12-3-2-10(6-19-12)15(21-27(23)24)13-4-5-14(17)26-13/h2-7,15,27H,8H2,1H3,(H,20,22)(H,21,23,24). The summed E-state index contributed by atoms with van der Waals surface area (Å²) in [5.41, 5.74) is 0.858. The molecule has 1 amide bonds. The topological polar surface area (TPSA) is 101 Å². The molecular formula is C16H15ClN4O3S3. The summed E-state index contributed by atoms with van der Waals surface area (Å²) in [5.74, 6) is -0.314. The van der Waals surface area contributed by atoms with Crippen LogP contribution in [0.5, 0.6) is 0 Å². The molecule has 7 nitrogen and oxygen atoms in total. The van der Waals surface area contributed by atoms with E-state index >= 15 is 0 Å². The van der Waals surface area contributed by atoms with E-state index in [4.69, 9.17) is 11.6 Å². The van der Waals surface area contributed by atoms with E-state index in [1.54, 1.807) is 30.5 Å². The van der Waals surface area contributed by atoms with Gasteiger partial charge < -0.3 is 5.32 Å². The van der Waals surface area contributed by atoms with Gasteiger partial charge in [-0.1, -0.05) is 17.7 Å². The first-order chi connectivity index (χ1) is 12.9. The van der Waals surface area contributed by atoms with Crippen LogP contribution in [0.2, 0.25) is 4.34 Å². The van der Waals surface area contributed by atoms with Gasteiger partial charge in [0.1, 0.15) is 5.69 Å². The summed E-state index contributed by atoms with van der Waals surface area (Å²) in [4.78, 5) is 22.2. The molecule has 1 atom stereocenters. The second-order valence-electron chi connectivity index (χ2n) is 5.47. The molecule has 11 heteroatoms. The third kappa shape index (κ3) is 5.33. The van der Waals surface area contributed by atoms with Gasteiger partial charge >= 0.3 is 0 Å². The molecule has 3 aromatic heterocycles. The lowest BCUT2D eigenvalue weighted by Crippen LogP contribution is -2.24. The Bertz CT molecular complexity index is 1010. The molecule has 0 radical (unpaired) electrons. The maximum absolute atomic E-state index is 12.2. The van der Waals surface area contributed by atoms with E-state index in [1.807, 2.05) is 6.92 Å². The number of aryl methyl sites for hydroxylation is 1. The molecule has 3 rings (SSSR count). The summed E-state index contributed by atoms with van der Waals surface area (Å²) in [7, 11) is -2.83. The highest BCUT2D eigenvalue weighted by Gasteiger charge is 2.18. The lowest BCUT2D eigenvalue weighted by Gasteiger charge is -2.14. The first-order valence-corrected chi connectivity index (χ1v) is 10.9. The SMILES string of the molecule is Cc1ncc(CNC(=O)c2ccc(C(N[SH](=O)=O)c3ccc(Cl)s3)cn2)s1. The maximum atomic E-state index is 12.2. The van der Waals surface area contributed by atoms with Gasteiger partial charge in [0.05, 0.1) is 21.9 Å². The van der Waals surface area contributed by atoms with Crippen molar-refractivity contribution in [1.29, 1.82) is 0 Å². The van der Waals surface area contributed by atoms with Gasteiger partial charge in [0, 0.05) is 22.1 Å². The lowest BCUT2D eigenvalue weighted by atomic mass is 10.1. The zero-order valence-corrected chi connectivity index (χ0v) is 17.3. The minimum Gasteiger partial charge on any atom is -0.346 e. The zero-order chi connectivity index (χ0) is 19.4. The van der Waals surface area contributed by atoms with Gasteiger partial charge in [0.15, 0.2) is 0 Å². The Morgan fingerprint density at radius 3 is 2.56 bits per heavy atom. The number of carbonyl (C=O) groups is 1. The van der Waals surface area contributed by atoms with E-state index in [-0.39, 0.29) is 11.6 Å². The van der Waals surface area contributed by atoms with E-state index < -0.39 is 16.9 Å². The zero-order valence-electron chi connectivity index (χ0n) is 14.0. The first-order valence-electron chi connectivity index (χ1n) is 7.73. The number of thiazole rings is 1. The number of rotatable bonds is 7.